The molecule has 1 aromatic heterocycles. The summed E-state index contributed by atoms with van der Waals surface area (Å²) in [5.41, 5.74) is 2.34. The van der Waals surface area contributed by atoms with Crippen molar-refractivity contribution in [1.29, 1.82) is 0 Å². The van der Waals surface area contributed by atoms with Crippen LogP contribution in [0.25, 0.3) is 0 Å². The van der Waals surface area contributed by atoms with Crippen LogP contribution >= 0.6 is 11.8 Å². The van der Waals surface area contributed by atoms with E-state index in [4.69, 9.17) is 0 Å². The molecule has 2 aliphatic rings. The minimum Gasteiger partial charge on any atom is -0.351 e. The number of aromatic nitrogens is 2. The van der Waals surface area contributed by atoms with Crippen LogP contribution in [0.5, 0.6) is 0 Å². The fourth-order valence-electron chi connectivity index (χ4n) is 2.65. The average molecular weight is 391 g/mol. The van der Waals surface area contributed by atoms with E-state index in [0.717, 1.165) is 27.0 Å². The summed E-state index contributed by atoms with van der Waals surface area (Å²) in [6.45, 7) is 6.25. The van der Waals surface area contributed by atoms with Gasteiger partial charge < -0.3 is 10.2 Å². The molecule has 0 saturated heterocycles. The number of ketones is 1. The molecular formula is C19H17N7OS. The highest BCUT2D eigenvalue weighted by Gasteiger charge is 2.19. The summed E-state index contributed by atoms with van der Waals surface area (Å²) in [7, 11) is 0. The van der Waals surface area contributed by atoms with E-state index in [2.05, 4.69) is 59.9 Å². The maximum absolute atomic E-state index is 11.1. The molecule has 4 rings (SSSR count). The van der Waals surface area contributed by atoms with Crippen LogP contribution in [0.1, 0.15) is 12.5 Å². The topological polar surface area (TPSA) is 95.2 Å². The van der Waals surface area contributed by atoms with Crippen molar-refractivity contribution in [2.24, 2.45) is 15.0 Å². The van der Waals surface area contributed by atoms with Gasteiger partial charge in [-0.15, -0.1) is 0 Å². The minimum absolute atomic E-state index is 0.175. The Labute approximate surface area is 166 Å². The second-order valence-corrected chi connectivity index (χ2v) is 7.24. The van der Waals surface area contributed by atoms with E-state index in [1.165, 1.54) is 13.3 Å². The molecule has 0 bridgehead atoms. The summed E-state index contributed by atoms with van der Waals surface area (Å²) in [5, 5.41) is 4.22. The van der Waals surface area contributed by atoms with Gasteiger partial charge in [0.2, 0.25) is 0 Å². The predicted octanol–water partition coefficient (Wildman–Crippen LogP) is 3.06. The maximum atomic E-state index is 11.1. The van der Waals surface area contributed by atoms with E-state index in [9.17, 15) is 4.79 Å². The molecule has 0 aliphatic carbocycles. The number of rotatable bonds is 5. The van der Waals surface area contributed by atoms with Crippen LogP contribution in [-0.2, 0) is 11.3 Å². The van der Waals surface area contributed by atoms with Gasteiger partial charge in [-0.3, -0.25) is 4.79 Å². The zero-order chi connectivity index (χ0) is 19.5. The number of amidine groups is 1. The van der Waals surface area contributed by atoms with Crippen LogP contribution in [0.4, 0.5) is 11.5 Å². The van der Waals surface area contributed by atoms with Gasteiger partial charge in [0.1, 0.15) is 17.1 Å². The minimum atomic E-state index is -0.180. The van der Waals surface area contributed by atoms with Crippen LogP contribution in [0, 0.1) is 0 Å². The van der Waals surface area contributed by atoms with Gasteiger partial charge in [0, 0.05) is 30.8 Å². The van der Waals surface area contributed by atoms with E-state index in [1.54, 1.807) is 30.5 Å². The Bertz CT molecular complexity index is 1040. The number of hydrogen-bond donors (Lipinski definition) is 1. The number of hydrogen-bond acceptors (Lipinski definition) is 7. The van der Waals surface area contributed by atoms with Gasteiger partial charge in [0.25, 0.3) is 0 Å². The molecule has 140 valence electrons. The van der Waals surface area contributed by atoms with Crippen molar-refractivity contribution < 1.29 is 4.79 Å². The molecule has 0 radical (unpaired) electrons. The summed E-state index contributed by atoms with van der Waals surface area (Å²) < 4.78 is 0. The first kappa shape index (κ1) is 18.1. The normalized spacial score (nSPS) is 16.2. The number of benzene rings is 1. The monoisotopic (exact) mass is 391 g/mol. The summed E-state index contributed by atoms with van der Waals surface area (Å²) in [6.07, 6.45) is 6.45. The van der Waals surface area contributed by atoms with Crippen molar-refractivity contribution in [3.05, 3.63) is 48.4 Å². The van der Waals surface area contributed by atoms with E-state index >= 15 is 0 Å². The van der Waals surface area contributed by atoms with Crippen LogP contribution in [0.15, 0.2) is 67.8 Å². The largest absolute Gasteiger partial charge is 0.351 e. The molecule has 0 amide bonds. The summed E-state index contributed by atoms with van der Waals surface area (Å²) in [6, 6.07) is 6.29. The molecule has 2 aromatic rings. The highest BCUT2D eigenvalue weighted by Crippen LogP contribution is 2.42. The fourth-order valence-corrected chi connectivity index (χ4v) is 3.53. The van der Waals surface area contributed by atoms with Gasteiger partial charge in [-0.05, 0) is 17.7 Å². The molecule has 0 spiro atoms. The van der Waals surface area contributed by atoms with Crippen LogP contribution < -0.4 is 5.32 Å². The van der Waals surface area contributed by atoms with E-state index in [-0.39, 0.29) is 11.5 Å². The Balaban J connectivity index is 1.39. The Morgan fingerprint density at radius 2 is 2.25 bits per heavy atom. The highest BCUT2D eigenvalue weighted by atomic mass is 32.2. The van der Waals surface area contributed by atoms with Crippen LogP contribution in [-0.4, -0.2) is 45.7 Å². The number of allylic oxidation sites excluding steroid dienone is 1. The third-order valence-electron chi connectivity index (χ3n) is 4.10. The highest BCUT2D eigenvalue weighted by molar-refractivity contribution is 7.99. The first-order chi connectivity index (χ1) is 13.6. The van der Waals surface area contributed by atoms with E-state index < -0.39 is 0 Å². The standard InChI is InChI=1S/C19H17N7OS/c1-12(13(2)27)22-10-23-17-9-26(11-24-17)8-14-3-4-16-15(7-14)25-18-19(28-16)21-6-5-20-18/h3-7,10-11H,1,8-9H2,2H3,(H,20,25). The molecule has 8 nitrogen and oxygen atoms in total. The second kappa shape index (κ2) is 7.73. The van der Waals surface area contributed by atoms with Crippen molar-refractivity contribution >= 4 is 47.6 Å². The summed E-state index contributed by atoms with van der Waals surface area (Å²) in [4.78, 5) is 35.3. The lowest BCUT2D eigenvalue weighted by Crippen LogP contribution is -2.21. The quantitative estimate of drug-likeness (QED) is 0.408. The number of aliphatic imine (C=N–C) groups is 3. The summed E-state index contributed by atoms with van der Waals surface area (Å²) >= 11 is 1.61. The first-order valence-electron chi connectivity index (χ1n) is 8.54. The fraction of sp³-hybridized carbons (Fsp3) is 0.158. The van der Waals surface area contributed by atoms with Crippen molar-refractivity contribution in [2.75, 3.05) is 11.9 Å². The second-order valence-electron chi connectivity index (χ2n) is 6.21. The molecule has 28 heavy (non-hydrogen) atoms. The molecular weight excluding hydrogens is 374 g/mol. The molecule has 9 heteroatoms. The SMILES string of the molecule is C=C(N=CN=C1CN(Cc2ccc3c(c2)Nc2nccnc2S3)C=N1)C(C)=O. The Morgan fingerprint density at radius 3 is 3.11 bits per heavy atom. The van der Waals surface area contributed by atoms with Gasteiger partial charge in [-0.25, -0.2) is 24.9 Å². The van der Waals surface area contributed by atoms with Gasteiger partial charge in [-0.2, -0.15) is 0 Å². The van der Waals surface area contributed by atoms with Crippen LogP contribution in [0.2, 0.25) is 0 Å². The third-order valence-corrected chi connectivity index (χ3v) is 5.16. The molecule has 3 heterocycles. The molecule has 1 N–H and O–H groups in total. The number of Topliss-reactive ketones (excluding diaryl/α,β-unsaturated/α-hetero) is 1. The lowest BCUT2D eigenvalue weighted by atomic mass is 10.2. The number of carbonyl (C=O) groups is 1. The van der Waals surface area contributed by atoms with E-state index in [0.29, 0.717) is 18.9 Å². The van der Waals surface area contributed by atoms with Crippen molar-refractivity contribution in [1.82, 2.24) is 14.9 Å². The molecule has 1 aromatic carbocycles. The Hall–Kier alpha value is -3.33. The van der Waals surface area contributed by atoms with Gasteiger partial charge in [0.15, 0.2) is 17.4 Å². The predicted molar refractivity (Wildman–Crippen MR) is 111 cm³/mol. The third kappa shape index (κ3) is 3.99. The lowest BCUT2D eigenvalue weighted by Gasteiger charge is -2.20. The van der Waals surface area contributed by atoms with Crippen LogP contribution in [0.3, 0.4) is 0 Å². The number of fused-ring (bicyclic) bond motifs is 2. The first-order valence-corrected chi connectivity index (χ1v) is 9.36. The molecule has 0 unspecified atom stereocenters. The Kier molecular flexibility index (Phi) is 4.98. The number of nitrogens with one attached hydrogen (secondary N) is 1. The smallest absolute Gasteiger partial charge is 0.177 e. The maximum Gasteiger partial charge on any atom is 0.177 e. The van der Waals surface area contributed by atoms with E-state index in [1.807, 2.05) is 0 Å². The van der Waals surface area contributed by atoms with Gasteiger partial charge in [-0.1, -0.05) is 24.4 Å². The van der Waals surface area contributed by atoms with Crippen molar-refractivity contribution in [2.45, 2.75) is 23.4 Å². The zero-order valence-corrected chi connectivity index (χ0v) is 16.0. The summed E-state index contributed by atoms with van der Waals surface area (Å²) in [5.74, 6) is 1.23. The van der Waals surface area contributed by atoms with Gasteiger partial charge in [0.05, 0.1) is 18.6 Å². The Morgan fingerprint density at radius 1 is 1.39 bits per heavy atom. The van der Waals surface area contributed by atoms with Crippen molar-refractivity contribution in [3.8, 4) is 0 Å². The number of carbonyl (C=O) groups excluding carboxylic acids is 1. The van der Waals surface area contributed by atoms with Gasteiger partial charge >= 0.3 is 0 Å². The molecule has 0 fully saturated rings. The lowest BCUT2D eigenvalue weighted by molar-refractivity contribution is -0.113. The van der Waals surface area contributed by atoms with Crippen molar-refractivity contribution in [3.63, 3.8) is 0 Å². The molecule has 0 saturated carbocycles. The molecule has 0 atom stereocenters. The number of nitrogens with zero attached hydrogens (tertiary/aromatic N) is 6. The molecule has 2 aliphatic heterocycles. The number of anilines is 2. The zero-order valence-electron chi connectivity index (χ0n) is 15.2. The average Bonchev–Trinajstić information content (AvgIpc) is 3.13.